The Kier molecular flexibility index (Phi) is 5.81. The molecule has 0 aromatic rings. The van der Waals surface area contributed by atoms with Crippen LogP contribution in [0.4, 0.5) is 4.79 Å². The third-order valence-corrected chi connectivity index (χ3v) is 4.20. The summed E-state index contributed by atoms with van der Waals surface area (Å²) in [5.41, 5.74) is 0. The summed E-state index contributed by atoms with van der Waals surface area (Å²) in [6.45, 7) is 1.73. The van der Waals surface area contributed by atoms with Gasteiger partial charge in [0.05, 0.1) is 25.7 Å². The van der Waals surface area contributed by atoms with Gasteiger partial charge in [0.1, 0.15) is 0 Å². The zero-order valence-electron chi connectivity index (χ0n) is 12.2. The molecule has 2 aliphatic rings. The van der Waals surface area contributed by atoms with E-state index in [-0.39, 0.29) is 31.7 Å². The molecule has 21 heavy (non-hydrogen) atoms. The van der Waals surface area contributed by atoms with E-state index in [9.17, 15) is 9.59 Å². The average Bonchev–Trinajstić information content (AvgIpc) is 2.40. The van der Waals surface area contributed by atoms with Gasteiger partial charge in [-0.05, 0) is 25.7 Å². The van der Waals surface area contributed by atoms with Crippen molar-refractivity contribution in [1.29, 1.82) is 0 Å². The molecule has 120 valence electrons. The van der Waals surface area contributed by atoms with E-state index in [0.717, 1.165) is 19.3 Å². The lowest BCUT2D eigenvalue weighted by Gasteiger charge is -2.43. The van der Waals surface area contributed by atoms with Gasteiger partial charge < -0.3 is 24.7 Å². The van der Waals surface area contributed by atoms with Crippen molar-refractivity contribution in [3.8, 4) is 0 Å². The molecule has 1 saturated heterocycles. The first-order valence-electron chi connectivity index (χ1n) is 7.61. The van der Waals surface area contributed by atoms with Crippen LogP contribution in [0.5, 0.6) is 0 Å². The molecule has 0 aromatic carbocycles. The SMILES string of the molecule is O=C(O)CC1COCCN1C(=O)N(CCCO)C1CCC1. The maximum atomic E-state index is 12.8. The quantitative estimate of drug-likeness (QED) is 0.746. The standard InChI is InChI=1S/C14H24N2O5/c17-7-2-5-15(11-3-1-4-11)14(20)16-6-8-21-10-12(16)9-13(18)19/h11-12,17H,1-10H2,(H,18,19). The van der Waals surface area contributed by atoms with Crippen LogP contribution in [0.25, 0.3) is 0 Å². The van der Waals surface area contributed by atoms with Crippen molar-refractivity contribution in [2.75, 3.05) is 32.9 Å². The van der Waals surface area contributed by atoms with Crippen LogP contribution in [-0.2, 0) is 9.53 Å². The molecular weight excluding hydrogens is 276 g/mol. The molecule has 2 N–H and O–H groups in total. The van der Waals surface area contributed by atoms with Gasteiger partial charge in [0, 0.05) is 25.7 Å². The second-order valence-electron chi connectivity index (χ2n) is 5.66. The van der Waals surface area contributed by atoms with Crippen molar-refractivity contribution in [1.82, 2.24) is 9.80 Å². The summed E-state index contributed by atoms with van der Waals surface area (Å²) in [5.74, 6) is -0.922. The Morgan fingerprint density at radius 2 is 2.10 bits per heavy atom. The fourth-order valence-electron chi connectivity index (χ4n) is 2.82. The van der Waals surface area contributed by atoms with Gasteiger partial charge in [-0.1, -0.05) is 0 Å². The summed E-state index contributed by atoms with van der Waals surface area (Å²) in [6.07, 6.45) is 3.56. The van der Waals surface area contributed by atoms with Crippen LogP contribution >= 0.6 is 0 Å². The number of aliphatic hydroxyl groups excluding tert-OH is 1. The molecule has 1 heterocycles. The number of aliphatic hydroxyl groups is 1. The van der Waals surface area contributed by atoms with Crippen molar-refractivity contribution >= 4 is 12.0 Å². The van der Waals surface area contributed by atoms with Crippen molar-refractivity contribution in [3.63, 3.8) is 0 Å². The zero-order valence-corrected chi connectivity index (χ0v) is 12.2. The van der Waals surface area contributed by atoms with Crippen LogP contribution in [0, 0.1) is 0 Å². The Bertz CT molecular complexity index is 372. The second kappa shape index (κ2) is 7.61. The van der Waals surface area contributed by atoms with Gasteiger partial charge in [-0.15, -0.1) is 0 Å². The maximum absolute atomic E-state index is 12.8. The topological polar surface area (TPSA) is 90.3 Å². The molecule has 2 amide bonds. The number of rotatable bonds is 6. The van der Waals surface area contributed by atoms with Crippen LogP contribution in [0.15, 0.2) is 0 Å². The molecular formula is C14H24N2O5. The van der Waals surface area contributed by atoms with Gasteiger partial charge in [0.25, 0.3) is 0 Å². The van der Waals surface area contributed by atoms with Gasteiger partial charge in [0.2, 0.25) is 0 Å². The average molecular weight is 300 g/mol. The molecule has 7 heteroatoms. The summed E-state index contributed by atoms with van der Waals surface area (Å²) in [7, 11) is 0. The van der Waals surface area contributed by atoms with Crippen LogP contribution in [0.3, 0.4) is 0 Å². The molecule has 0 spiro atoms. The number of carbonyl (C=O) groups is 2. The molecule has 0 radical (unpaired) electrons. The molecule has 1 unspecified atom stereocenters. The number of ether oxygens (including phenoxy) is 1. The van der Waals surface area contributed by atoms with E-state index in [4.69, 9.17) is 14.9 Å². The van der Waals surface area contributed by atoms with E-state index in [1.165, 1.54) is 0 Å². The number of morpholine rings is 1. The van der Waals surface area contributed by atoms with Gasteiger partial charge >= 0.3 is 12.0 Å². The minimum Gasteiger partial charge on any atom is -0.481 e. The predicted octanol–water partition coefficient (Wildman–Crippen LogP) is 0.519. The van der Waals surface area contributed by atoms with Crippen LogP contribution in [0.1, 0.15) is 32.1 Å². The van der Waals surface area contributed by atoms with Gasteiger partial charge in [-0.25, -0.2) is 4.79 Å². The fraction of sp³-hybridized carbons (Fsp3) is 0.857. The first kappa shape index (κ1) is 16.0. The van der Waals surface area contributed by atoms with Gasteiger partial charge in [-0.3, -0.25) is 4.79 Å². The Labute approximate surface area is 124 Å². The lowest BCUT2D eigenvalue weighted by Crippen LogP contribution is -2.57. The number of aliphatic carboxylic acids is 1. The first-order valence-corrected chi connectivity index (χ1v) is 7.61. The second-order valence-corrected chi connectivity index (χ2v) is 5.66. The Hall–Kier alpha value is -1.34. The number of carbonyl (C=O) groups excluding carboxylic acids is 1. The van der Waals surface area contributed by atoms with Crippen molar-refractivity contribution in [2.45, 2.75) is 44.2 Å². The van der Waals surface area contributed by atoms with E-state index >= 15 is 0 Å². The van der Waals surface area contributed by atoms with Crippen LogP contribution < -0.4 is 0 Å². The number of nitrogens with zero attached hydrogens (tertiary/aromatic N) is 2. The molecule has 7 nitrogen and oxygen atoms in total. The number of carboxylic acid groups (broad SMARTS) is 1. The molecule has 0 aromatic heterocycles. The van der Waals surface area contributed by atoms with Crippen molar-refractivity contribution in [2.24, 2.45) is 0 Å². The number of carboxylic acids is 1. The van der Waals surface area contributed by atoms with Crippen LogP contribution in [0.2, 0.25) is 0 Å². The highest BCUT2D eigenvalue weighted by molar-refractivity contribution is 5.76. The van der Waals surface area contributed by atoms with Crippen LogP contribution in [-0.4, -0.2) is 77.0 Å². The third kappa shape index (κ3) is 4.07. The Morgan fingerprint density at radius 3 is 2.67 bits per heavy atom. The lowest BCUT2D eigenvalue weighted by molar-refractivity contribution is -0.139. The number of amides is 2. The van der Waals surface area contributed by atoms with E-state index in [1.807, 2.05) is 0 Å². The summed E-state index contributed by atoms with van der Waals surface area (Å²) >= 11 is 0. The highest BCUT2D eigenvalue weighted by Gasteiger charge is 2.36. The Balaban J connectivity index is 2.03. The first-order chi connectivity index (χ1) is 10.1. The molecule has 1 atom stereocenters. The van der Waals surface area contributed by atoms with E-state index < -0.39 is 12.0 Å². The Morgan fingerprint density at radius 1 is 1.33 bits per heavy atom. The minimum absolute atomic E-state index is 0.0537. The molecule has 2 rings (SSSR count). The minimum atomic E-state index is -0.922. The lowest BCUT2D eigenvalue weighted by atomic mass is 9.91. The predicted molar refractivity (Wildman–Crippen MR) is 75.0 cm³/mol. The molecule has 0 bridgehead atoms. The number of urea groups is 1. The van der Waals surface area contributed by atoms with Crippen molar-refractivity contribution < 1.29 is 24.5 Å². The summed E-state index contributed by atoms with van der Waals surface area (Å²) < 4.78 is 5.31. The monoisotopic (exact) mass is 300 g/mol. The molecule has 1 aliphatic heterocycles. The highest BCUT2D eigenvalue weighted by Crippen LogP contribution is 2.27. The van der Waals surface area contributed by atoms with Gasteiger partial charge in [0.15, 0.2) is 0 Å². The number of hydrogen-bond acceptors (Lipinski definition) is 4. The van der Waals surface area contributed by atoms with E-state index in [1.54, 1.807) is 9.80 Å². The smallest absolute Gasteiger partial charge is 0.320 e. The molecule has 1 aliphatic carbocycles. The summed E-state index contributed by atoms with van der Waals surface area (Å²) in [4.78, 5) is 27.1. The number of hydrogen-bond donors (Lipinski definition) is 2. The fourth-order valence-corrected chi connectivity index (χ4v) is 2.82. The summed E-state index contributed by atoms with van der Waals surface area (Å²) in [5, 5.41) is 18.0. The van der Waals surface area contributed by atoms with Crippen molar-refractivity contribution in [3.05, 3.63) is 0 Å². The normalized spacial score (nSPS) is 22.7. The summed E-state index contributed by atoms with van der Waals surface area (Å²) in [6, 6.07) is -0.277. The van der Waals surface area contributed by atoms with E-state index in [2.05, 4.69) is 0 Å². The molecule has 1 saturated carbocycles. The molecule has 2 fully saturated rings. The highest BCUT2D eigenvalue weighted by atomic mass is 16.5. The largest absolute Gasteiger partial charge is 0.481 e. The van der Waals surface area contributed by atoms with Gasteiger partial charge in [-0.2, -0.15) is 0 Å². The maximum Gasteiger partial charge on any atom is 0.320 e. The van der Waals surface area contributed by atoms with E-state index in [0.29, 0.717) is 26.1 Å². The third-order valence-electron chi connectivity index (χ3n) is 4.20. The zero-order chi connectivity index (χ0) is 15.2.